The number of hydrogen-bond acceptors (Lipinski definition) is 6. The molecule has 1 aromatic heterocycles. The first-order valence-corrected chi connectivity index (χ1v) is 11.8. The van der Waals surface area contributed by atoms with Gasteiger partial charge in [-0.05, 0) is 50.2 Å². The maximum Gasteiger partial charge on any atom is 0.329 e. The van der Waals surface area contributed by atoms with E-state index >= 15 is 0 Å². The predicted molar refractivity (Wildman–Crippen MR) is 125 cm³/mol. The van der Waals surface area contributed by atoms with E-state index in [-0.39, 0.29) is 32.0 Å². The zero-order chi connectivity index (χ0) is 24.4. The number of carbonyl (C=O) groups is 3. The number of aromatic nitrogens is 1. The molecule has 0 bridgehead atoms. The molecule has 3 heterocycles. The number of pyridine rings is 1. The Morgan fingerprint density at radius 3 is 2.58 bits per heavy atom. The average molecular weight is 464 g/mol. The van der Waals surface area contributed by atoms with Crippen LogP contribution < -0.4 is 16.0 Å². The van der Waals surface area contributed by atoms with Crippen molar-refractivity contribution in [2.24, 2.45) is 0 Å². The molecule has 33 heavy (non-hydrogen) atoms. The number of nitrogens with zero attached hydrogens (tertiary/aromatic N) is 2. The Labute approximate surface area is 195 Å². The van der Waals surface area contributed by atoms with Crippen molar-refractivity contribution in [2.75, 3.05) is 31.5 Å². The number of anilines is 1. The van der Waals surface area contributed by atoms with E-state index in [1.54, 1.807) is 4.90 Å². The summed E-state index contributed by atoms with van der Waals surface area (Å²) in [5.41, 5.74) is 0.653. The van der Waals surface area contributed by atoms with Gasteiger partial charge in [-0.1, -0.05) is 19.9 Å². The third-order valence-electron chi connectivity index (χ3n) is 5.89. The van der Waals surface area contributed by atoms with Crippen LogP contribution in [0.5, 0.6) is 0 Å². The Bertz CT molecular complexity index is 823. The summed E-state index contributed by atoms with van der Waals surface area (Å²) in [6.45, 7) is 7.07. The number of carboxylic acid groups (broad SMARTS) is 1. The van der Waals surface area contributed by atoms with Crippen LogP contribution >= 0.6 is 0 Å². The highest BCUT2D eigenvalue weighted by atomic mass is 16.4. The maximum absolute atomic E-state index is 12.4. The molecule has 184 valence electrons. The minimum Gasteiger partial charge on any atom is -0.480 e. The van der Waals surface area contributed by atoms with Crippen molar-refractivity contribution in [3.05, 3.63) is 23.4 Å². The van der Waals surface area contributed by atoms with Crippen molar-refractivity contribution < 1.29 is 24.6 Å². The second-order valence-electron chi connectivity index (χ2n) is 8.24. The van der Waals surface area contributed by atoms with Crippen LogP contribution in [0.1, 0.15) is 57.7 Å². The summed E-state index contributed by atoms with van der Waals surface area (Å²) in [6.07, 6.45) is 3.82. The summed E-state index contributed by atoms with van der Waals surface area (Å²) in [5.74, 6) is -0.848. The number of aliphatic carboxylic acids is 1. The SMILES string of the molecule is CC.CC(=O)NC(C(=O)O)C1(O)CCN(C(=O)NCCCc2ccc3c(n2)NCCC3)CC1. The highest BCUT2D eigenvalue weighted by molar-refractivity contribution is 5.83. The van der Waals surface area contributed by atoms with E-state index in [0.29, 0.717) is 6.54 Å². The number of aliphatic hydroxyl groups is 1. The molecule has 3 rings (SSSR count). The van der Waals surface area contributed by atoms with Crippen molar-refractivity contribution in [3.8, 4) is 0 Å². The fourth-order valence-corrected chi connectivity index (χ4v) is 4.10. The minimum absolute atomic E-state index is 0.0731. The number of urea groups is 1. The zero-order valence-corrected chi connectivity index (χ0v) is 19.8. The average Bonchev–Trinajstić information content (AvgIpc) is 2.81. The summed E-state index contributed by atoms with van der Waals surface area (Å²) < 4.78 is 0. The third kappa shape index (κ3) is 7.31. The van der Waals surface area contributed by atoms with Crippen LogP contribution in [0.25, 0.3) is 0 Å². The van der Waals surface area contributed by atoms with Crippen LogP contribution in [0.2, 0.25) is 0 Å². The molecule has 1 fully saturated rings. The number of carbonyl (C=O) groups excluding carboxylic acids is 2. The minimum atomic E-state index is -1.58. The van der Waals surface area contributed by atoms with Crippen molar-refractivity contribution in [1.82, 2.24) is 20.5 Å². The molecule has 0 radical (unpaired) electrons. The largest absolute Gasteiger partial charge is 0.480 e. The molecule has 10 heteroatoms. The van der Waals surface area contributed by atoms with E-state index in [1.807, 2.05) is 19.9 Å². The summed E-state index contributed by atoms with van der Waals surface area (Å²) in [6, 6.07) is 2.51. The first kappa shape index (κ1) is 26.4. The molecule has 2 aliphatic heterocycles. The van der Waals surface area contributed by atoms with E-state index in [0.717, 1.165) is 43.7 Å². The highest BCUT2D eigenvalue weighted by Gasteiger charge is 2.45. The van der Waals surface area contributed by atoms with Crippen LogP contribution in [0.3, 0.4) is 0 Å². The molecule has 0 saturated carbocycles. The highest BCUT2D eigenvalue weighted by Crippen LogP contribution is 2.26. The Balaban J connectivity index is 0.00000187. The number of likely N-dealkylation sites (tertiary alicyclic amines) is 1. The van der Waals surface area contributed by atoms with Gasteiger partial charge < -0.3 is 31.1 Å². The lowest BCUT2D eigenvalue weighted by atomic mass is 9.84. The van der Waals surface area contributed by atoms with Crippen LogP contribution in [0.4, 0.5) is 10.6 Å². The van der Waals surface area contributed by atoms with Gasteiger partial charge in [0, 0.05) is 38.8 Å². The monoisotopic (exact) mass is 463 g/mol. The van der Waals surface area contributed by atoms with E-state index < -0.39 is 23.5 Å². The molecule has 1 unspecified atom stereocenters. The first-order chi connectivity index (χ1) is 15.8. The van der Waals surface area contributed by atoms with Gasteiger partial charge in [-0.3, -0.25) is 4.79 Å². The standard InChI is InChI=1S/C21H31N5O5.C2H6/c1-14(27)24-17(19(28)29)21(31)8-12-26(13-9-21)20(30)23-11-3-5-16-7-6-15-4-2-10-22-18(15)25-16;1-2/h6-7,17,31H,2-5,8-13H2,1H3,(H,22,25)(H,23,30)(H,24,27)(H,28,29);1-2H3. The number of hydrogen-bond donors (Lipinski definition) is 5. The Hall–Kier alpha value is -2.88. The lowest BCUT2D eigenvalue weighted by molar-refractivity contribution is -0.152. The van der Waals surface area contributed by atoms with E-state index in [9.17, 15) is 24.6 Å². The normalized spacial score (nSPS) is 17.4. The molecule has 0 aliphatic carbocycles. The molecular weight excluding hydrogens is 426 g/mol. The van der Waals surface area contributed by atoms with Gasteiger partial charge in [0.2, 0.25) is 5.91 Å². The third-order valence-corrected chi connectivity index (χ3v) is 5.89. The molecule has 3 amide bonds. The Morgan fingerprint density at radius 2 is 1.94 bits per heavy atom. The number of amides is 3. The van der Waals surface area contributed by atoms with Gasteiger partial charge in [-0.15, -0.1) is 0 Å². The number of carboxylic acids is 1. The summed E-state index contributed by atoms with van der Waals surface area (Å²) in [7, 11) is 0. The van der Waals surface area contributed by atoms with Crippen molar-refractivity contribution in [3.63, 3.8) is 0 Å². The topological polar surface area (TPSA) is 144 Å². The number of aryl methyl sites for hydroxylation is 2. The Morgan fingerprint density at radius 1 is 1.24 bits per heavy atom. The molecule has 1 saturated heterocycles. The molecule has 0 spiro atoms. The molecule has 10 nitrogen and oxygen atoms in total. The Kier molecular flexibility index (Phi) is 9.90. The van der Waals surface area contributed by atoms with Crippen LogP contribution in [0, 0.1) is 0 Å². The fraction of sp³-hybridized carbons (Fsp3) is 0.652. The molecule has 2 aliphatic rings. The van der Waals surface area contributed by atoms with E-state index in [4.69, 9.17) is 0 Å². The van der Waals surface area contributed by atoms with Gasteiger partial charge in [0.25, 0.3) is 0 Å². The quantitative estimate of drug-likeness (QED) is 0.386. The molecular formula is C23H37N5O5. The first-order valence-electron chi connectivity index (χ1n) is 11.8. The molecule has 1 atom stereocenters. The van der Waals surface area contributed by atoms with Crippen LogP contribution in [0.15, 0.2) is 12.1 Å². The van der Waals surface area contributed by atoms with Crippen LogP contribution in [-0.4, -0.2) is 75.8 Å². The van der Waals surface area contributed by atoms with Gasteiger partial charge >= 0.3 is 12.0 Å². The summed E-state index contributed by atoms with van der Waals surface area (Å²) in [4.78, 5) is 41.3. The zero-order valence-electron chi connectivity index (χ0n) is 19.8. The van der Waals surface area contributed by atoms with Gasteiger partial charge in [-0.2, -0.15) is 0 Å². The predicted octanol–water partition coefficient (Wildman–Crippen LogP) is 1.52. The second kappa shape index (κ2) is 12.4. The van der Waals surface area contributed by atoms with Crippen molar-refractivity contribution in [2.45, 2.75) is 70.9 Å². The number of nitrogens with one attached hydrogen (secondary N) is 3. The number of rotatable bonds is 7. The van der Waals surface area contributed by atoms with Crippen molar-refractivity contribution >= 4 is 23.7 Å². The molecule has 5 N–H and O–H groups in total. The molecule has 1 aromatic rings. The summed E-state index contributed by atoms with van der Waals surface area (Å²) in [5, 5.41) is 28.5. The smallest absolute Gasteiger partial charge is 0.329 e. The maximum atomic E-state index is 12.4. The lowest BCUT2D eigenvalue weighted by Gasteiger charge is -2.41. The fourth-order valence-electron chi connectivity index (χ4n) is 4.10. The number of fused-ring (bicyclic) bond motifs is 1. The lowest BCUT2D eigenvalue weighted by Crippen LogP contribution is -2.61. The molecule has 0 aromatic carbocycles. The van der Waals surface area contributed by atoms with Gasteiger partial charge in [-0.25, -0.2) is 14.6 Å². The van der Waals surface area contributed by atoms with Gasteiger partial charge in [0.05, 0.1) is 5.60 Å². The van der Waals surface area contributed by atoms with Gasteiger partial charge in [0.1, 0.15) is 5.82 Å². The second-order valence-corrected chi connectivity index (χ2v) is 8.24. The van der Waals surface area contributed by atoms with Crippen LogP contribution in [-0.2, 0) is 22.4 Å². The van der Waals surface area contributed by atoms with E-state index in [2.05, 4.69) is 27.0 Å². The van der Waals surface area contributed by atoms with Crippen molar-refractivity contribution in [1.29, 1.82) is 0 Å². The number of piperidine rings is 1. The van der Waals surface area contributed by atoms with Gasteiger partial charge in [0.15, 0.2) is 6.04 Å². The van der Waals surface area contributed by atoms with E-state index in [1.165, 1.54) is 12.5 Å². The summed E-state index contributed by atoms with van der Waals surface area (Å²) >= 11 is 0.